The number of carbonyl (C=O) groups is 1. The van der Waals surface area contributed by atoms with Crippen molar-refractivity contribution in [2.24, 2.45) is 0 Å². The molecule has 0 aliphatic carbocycles. The molecule has 0 spiro atoms. The average Bonchev–Trinajstić information content (AvgIpc) is 2.88. The second kappa shape index (κ2) is 5.09. The van der Waals surface area contributed by atoms with Crippen LogP contribution in [0, 0.1) is 6.92 Å². The molecule has 5 nitrogen and oxygen atoms in total. The van der Waals surface area contributed by atoms with Crippen molar-refractivity contribution in [2.75, 3.05) is 11.6 Å². The Morgan fingerprint density at radius 1 is 1.59 bits per heavy atom. The van der Waals surface area contributed by atoms with E-state index in [1.165, 1.54) is 0 Å². The third-order valence-electron chi connectivity index (χ3n) is 2.12. The van der Waals surface area contributed by atoms with Crippen molar-refractivity contribution >= 4 is 23.5 Å². The van der Waals surface area contributed by atoms with Crippen molar-refractivity contribution in [3.63, 3.8) is 0 Å². The van der Waals surface area contributed by atoms with E-state index in [1.807, 2.05) is 13.2 Å². The van der Waals surface area contributed by atoms with Crippen molar-refractivity contribution < 1.29 is 9.21 Å². The molecule has 0 aromatic carbocycles. The molecule has 2 heterocycles. The monoisotopic (exact) mass is 251 g/mol. The Morgan fingerprint density at radius 3 is 3.06 bits per heavy atom. The van der Waals surface area contributed by atoms with E-state index in [9.17, 15) is 4.79 Å². The van der Waals surface area contributed by atoms with Gasteiger partial charge >= 0.3 is 0 Å². The van der Waals surface area contributed by atoms with Crippen LogP contribution in [0.1, 0.15) is 22.0 Å². The molecule has 1 amide bonds. The number of amides is 1. The predicted molar refractivity (Wildman–Crippen MR) is 67.2 cm³/mol. The molecule has 0 bridgehead atoms. The molecule has 0 unspecified atom stereocenters. The standard InChI is InChI=1S/C11H13N3O2S/c1-7-5-10(14-13-7)12-11(15)9-4-3-8(16-9)6-17-2/h3-5H,6H2,1-2H3,(H2,12,13,14,15). The van der Waals surface area contributed by atoms with Crippen molar-refractivity contribution in [3.8, 4) is 0 Å². The predicted octanol–water partition coefficient (Wildman–Crippen LogP) is 2.43. The largest absolute Gasteiger partial charge is 0.455 e. The second-order valence-corrected chi connectivity index (χ2v) is 4.46. The summed E-state index contributed by atoms with van der Waals surface area (Å²) in [6, 6.07) is 5.23. The maximum atomic E-state index is 11.8. The fraction of sp³-hybridized carbons (Fsp3) is 0.273. The summed E-state index contributed by atoms with van der Waals surface area (Å²) in [5.74, 6) is 2.06. The topological polar surface area (TPSA) is 70.9 Å². The molecular weight excluding hydrogens is 238 g/mol. The summed E-state index contributed by atoms with van der Waals surface area (Å²) in [4.78, 5) is 11.8. The summed E-state index contributed by atoms with van der Waals surface area (Å²) in [5.41, 5.74) is 0.891. The highest BCUT2D eigenvalue weighted by Crippen LogP contribution is 2.14. The third-order valence-corrected chi connectivity index (χ3v) is 2.69. The number of nitrogens with zero attached hydrogens (tertiary/aromatic N) is 1. The van der Waals surface area contributed by atoms with Crippen LogP contribution in [0.15, 0.2) is 22.6 Å². The molecule has 6 heteroatoms. The summed E-state index contributed by atoms with van der Waals surface area (Å²) in [7, 11) is 0. The van der Waals surface area contributed by atoms with Gasteiger partial charge in [0, 0.05) is 11.8 Å². The molecule has 2 aromatic heterocycles. The molecular formula is C11H13N3O2S. The third kappa shape index (κ3) is 2.91. The molecule has 0 radical (unpaired) electrons. The summed E-state index contributed by atoms with van der Waals surface area (Å²) in [6.45, 7) is 1.87. The van der Waals surface area contributed by atoms with Crippen LogP contribution in [0.5, 0.6) is 0 Å². The van der Waals surface area contributed by atoms with Crippen LogP contribution in [-0.4, -0.2) is 22.4 Å². The zero-order valence-electron chi connectivity index (χ0n) is 9.61. The fourth-order valence-electron chi connectivity index (χ4n) is 1.38. The maximum absolute atomic E-state index is 11.8. The highest BCUT2D eigenvalue weighted by Gasteiger charge is 2.12. The zero-order valence-corrected chi connectivity index (χ0v) is 10.4. The Bertz CT molecular complexity index is 518. The van der Waals surface area contributed by atoms with E-state index in [4.69, 9.17) is 4.42 Å². The van der Waals surface area contributed by atoms with Crippen molar-refractivity contribution in [2.45, 2.75) is 12.7 Å². The number of rotatable bonds is 4. The van der Waals surface area contributed by atoms with Crippen LogP contribution < -0.4 is 5.32 Å². The van der Waals surface area contributed by atoms with E-state index in [0.29, 0.717) is 11.6 Å². The first-order valence-electron chi connectivity index (χ1n) is 5.10. The summed E-state index contributed by atoms with van der Waals surface area (Å²) >= 11 is 1.64. The molecule has 90 valence electrons. The lowest BCUT2D eigenvalue weighted by atomic mass is 10.4. The molecule has 2 aromatic rings. The lowest BCUT2D eigenvalue weighted by Gasteiger charge is -1.97. The minimum Gasteiger partial charge on any atom is -0.455 e. The molecule has 2 rings (SSSR count). The van der Waals surface area contributed by atoms with Crippen molar-refractivity contribution in [3.05, 3.63) is 35.4 Å². The van der Waals surface area contributed by atoms with Gasteiger partial charge in [0.25, 0.3) is 5.91 Å². The first-order chi connectivity index (χ1) is 8.19. The van der Waals surface area contributed by atoms with Crippen LogP contribution in [0.3, 0.4) is 0 Å². The zero-order chi connectivity index (χ0) is 12.3. The first-order valence-corrected chi connectivity index (χ1v) is 6.49. The highest BCUT2D eigenvalue weighted by molar-refractivity contribution is 7.97. The van der Waals surface area contributed by atoms with Gasteiger partial charge in [-0.25, -0.2) is 0 Å². The fourth-order valence-corrected chi connectivity index (χ4v) is 1.82. The molecule has 0 aliphatic heterocycles. The first kappa shape index (κ1) is 11.8. The minimum atomic E-state index is -0.288. The average molecular weight is 251 g/mol. The number of hydrogen-bond acceptors (Lipinski definition) is 4. The van der Waals surface area contributed by atoms with Crippen LogP contribution in [0.4, 0.5) is 5.82 Å². The van der Waals surface area contributed by atoms with E-state index < -0.39 is 0 Å². The van der Waals surface area contributed by atoms with Gasteiger partial charge in [0.1, 0.15) is 5.76 Å². The van der Waals surface area contributed by atoms with E-state index in [0.717, 1.165) is 17.2 Å². The van der Waals surface area contributed by atoms with Crippen LogP contribution >= 0.6 is 11.8 Å². The van der Waals surface area contributed by atoms with E-state index in [1.54, 1.807) is 30.0 Å². The van der Waals surface area contributed by atoms with Gasteiger partial charge in [-0.2, -0.15) is 16.9 Å². The SMILES string of the molecule is CSCc1ccc(C(=O)Nc2cc(C)[nH]n2)o1. The lowest BCUT2D eigenvalue weighted by Crippen LogP contribution is -2.11. The van der Waals surface area contributed by atoms with Gasteiger partial charge < -0.3 is 9.73 Å². The van der Waals surface area contributed by atoms with Gasteiger partial charge in [-0.3, -0.25) is 9.89 Å². The highest BCUT2D eigenvalue weighted by atomic mass is 32.2. The Morgan fingerprint density at radius 2 is 2.41 bits per heavy atom. The Balaban J connectivity index is 2.03. The van der Waals surface area contributed by atoms with Crippen LogP contribution in [0.25, 0.3) is 0 Å². The normalized spacial score (nSPS) is 10.5. The Hall–Kier alpha value is -1.69. The molecule has 2 N–H and O–H groups in total. The number of H-pyrrole nitrogens is 1. The van der Waals surface area contributed by atoms with Crippen molar-refractivity contribution in [1.82, 2.24) is 10.2 Å². The van der Waals surface area contributed by atoms with E-state index in [2.05, 4.69) is 15.5 Å². The summed E-state index contributed by atoms with van der Waals surface area (Å²) < 4.78 is 5.39. The summed E-state index contributed by atoms with van der Waals surface area (Å²) in [6.07, 6.45) is 1.98. The van der Waals surface area contributed by atoms with Gasteiger partial charge in [0.05, 0.1) is 5.75 Å². The molecule has 0 aliphatic rings. The van der Waals surface area contributed by atoms with Crippen LogP contribution in [-0.2, 0) is 5.75 Å². The van der Waals surface area contributed by atoms with E-state index in [-0.39, 0.29) is 5.91 Å². The van der Waals surface area contributed by atoms with Gasteiger partial charge in [0.15, 0.2) is 11.6 Å². The van der Waals surface area contributed by atoms with Gasteiger partial charge in [-0.05, 0) is 25.3 Å². The van der Waals surface area contributed by atoms with E-state index >= 15 is 0 Å². The second-order valence-electron chi connectivity index (χ2n) is 3.59. The summed E-state index contributed by atoms with van der Waals surface area (Å²) in [5, 5.41) is 9.33. The van der Waals surface area contributed by atoms with Crippen molar-refractivity contribution in [1.29, 1.82) is 0 Å². The maximum Gasteiger partial charge on any atom is 0.292 e. The Labute approximate surface area is 103 Å². The number of hydrogen-bond donors (Lipinski definition) is 2. The molecule has 0 saturated carbocycles. The number of anilines is 1. The molecule has 17 heavy (non-hydrogen) atoms. The van der Waals surface area contributed by atoms with Gasteiger partial charge in [0.2, 0.25) is 0 Å². The molecule has 0 saturated heterocycles. The quantitative estimate of drug-likeness (QED) is 0.875. The van der Waals surface area contributed by atoms with Crippen LogP contribution in [0.2, 0.25) is 0 Å². The molecule has 0 fully saturated rings. The minimum absolute atomic E-state index is 0.288. The Kier molecular flexibility index (Phi) is 3.53. The number of carbonyl (C=O) groups excluding carboxylic acids is 1. The van der Waals surface area contributed by atoms with Gasteiger partial charge in [-0.15, -0.1) is 0 Å². The lowest BCUT2D eigenvalue weighted by molar-refractivity contribution is 0.0995. The smallest absolute Gasteiger partial charge is 0.292 e. The number of aromatic amines is 1. The molecule has 0 atom stereocenters. The number of aryl methyl sites for hydroxylation is 1. The number of aromatic nitrogens is 2. The van der Waals surface area contributed by atoms with Gasteiger partial charge in [-0.1, -0.05) is 0 Å². The number of thioether (sulfide) groups is 1. The number of nitrogens with one attached hydrogen (secondary N) is 2. The number of furan rings is 1.